The Balaban J connectivity index is 2.11. The molecule has 0 heterocycles. The van der Waals surface area contributed by atoms with E-state index >= 15 is 0 Å². The first-order valence-corrected chi connectivity index (χ1v) is 16.1. The molecule has 3 rings (SSSR count). The van der Waals surface area contributed by atoms with Crippen molar-refractivity contribution in [2.45, 2.75) is 126 Å². The molecule has 206 valence electrons. The van der Waals surface area contributed by atoms with Gasteiger partial charge in [-0.1, -0.05) is 0 Å². The summed E-state index contributed by atoms with van der Waals surface area (Å²) in [4.78, 5) is 0. The van der Waals surface area contributed by atoms with Crippen LogP contribution in [0.15, 0.2) is 72.8 Å². The van der Waals surface area contributed by atoms with Gasteiger partial charge in [0.1, 0.15) is 0 Å². The first-order valence-electron chi connectivity index (χ1n) is 16.1. The number of hydrogen-bond acceptors (Lipinski definition) is 0. The van der Waals surface area contributed by atoms with Crippen molar-refractivity contribution < 1.29 is 0 Å². The van der Waals surface area contributed by atoms with E-state index < -0.39 is 0 Å². The molecule has 2 heteroatoms. The topological polar surface area (TPSA) is 0 Å². The van der Waals surface area contributed by atoms with E-state index in [2.05, 4.69) is 164 Å². The third-order valence-corrected chi connectivity index (χ3v) is 9.47. The molecule has 0 saturated carbocycles. The molecular weight excluding hydrogens is 470 g/mol. The van der Waals surface area contributed by atoms with E-state index in [0.717, 1.165) is 0 Å². The molecule has 0 amide bonds. The van der Waals surface area contributed by atoms with Crippen molar-refractivity contribution >= 4 is 35.4 Å². The van der Waals surface area contributed by atoms with Gasteiger partial charge in [-0.3, -0.25) is 0 Å². The third kappa shape index (κ3) is 8.02. The van der Waals surface area contributed by atoms with Gasteiger partial charge < -0.3 is 0 Å². The second-order valence-corrected chi connectivity index (χ2v) is 14.8. The van der Waals surface area contributed by atoms with E-state index in [1.807, 2.05) is 0 Å². The zero-order chi connectivity index (χ0) is 29.6. The van der Waals surface area contributed by atoms with Crippen LogP contribution in [0.3, 0.4) is 0 Å². The standard InChI is InChI=1S/C38H52.2Li/c1-9-11-13-18-35(29-20-24-33(25-21-29)37(3,4)5)31-16-15-17-32(28-31)36(19-14-12-10-2)30-22-26-34(27-23-30)38(6,7)8;;/h15-17,20-28H,9-14,18-19H2,1-8H3;;. The summed E-state index contributed by atoms with van der Waals surface area (Å²) in [6, 6.07) is 28.8. The van der Waals surface area contributed by atoms with Gasteiger partial charge in [0, 0.05) is 0 Å². The van der Waals surface area contributed by atoms with Crippen LogP contribution in [0.2, 0.25) is 0 Å². The number of unbranched alkanes of at least 4 members (excludes halogenated alkanes) is 4. The summed E-state index contributed by atoms with van der Waals surface area (Å²) in [5.74, 6) is 0. The molecule has 0 radical (unpaired) electrons. The molecule has 0 bridgehead atoms. The minimum absolute atomic E-state index is 0.0119. The third-order valence-electron chi connectivity index (χ3n) is 9.47. The molecule has 40 heavy (non-hydrogen) atoms. The van der Waals surface area contributed by atoms with E-state index in [-0.39, 0.29) is 19.0 Å². The molecule has 0 aliphatic rings. The molecule has 3 aromatic rings. The van der Waals surface area contributed by atoms with Gasteiger partial charge in [-0.2, -0.15) is 0 Å². The second kappa shape index (κ2) is 13.9. The Bertz CT molecular complexity index is 1100. The Hall–Kier alpha value is -1.15. The van der Waals surface area contributed by atoms with Crippen molar-refractivity contribution in [3.63, 3.8) is 0 Å². The summed E-state index contributed by atoms with van der Waals surface area (Å²) in [5, 5.41) is 0. The Morgan fingerprint density at radius 3 is 1.07 bits per heavy atom. The van der Waals surface area contributed by atoms with Crippen LogP contribution in [0.4, 0.5) is 0 Å². The summed E-state index contributed by atoms with van der Waals surface area (Å²) in [7, 11) is 0. The molecule has 2 atom stereocenters. The summed E-state index contributed by atoms with van der Waals surface area (Å²) in [6.07, 6.45) is 9.91. The molecule has 0 fully saturated rings. The molecule has 0 aliphatic carbocycles. The zero-order valence-corrected chi connectivity index (χ0v) is 27.6. The van der Waals surface area contributed by atoms with Crippen LogP contribution < -0.4 is 0 Å². The van der Waals surface area contributed by atoms with Crippen molar-refractivity contribution in [1.29, 1.82) is 0 Å². The average Bonchev–Trinajstić information content (AvgIpc) is 2.92. The Labute approximate surface area is 265 Å². The summed E-state index contributed by atoms with van der Waals surface area (Å²) < 4.78 is -0.0238. The maximum atomic E-state index is 2.56. The summed E-state index contributed by atoms with van der Waals surface area (Å²) in [5.41, 5.74) is 8.94. The fourth-order valence-electron chi connectivity index (χ4n) is 6.25. The van der Waals surface area contributed by atoms with E-state index in [4.69, 9.17) is 0 Å². The van der Waals surface area contributed by atoms with Gasteiger partial charge >= 0.3 is 267 Å². The Morgan fingerprint density at radius 2 is 0.775 bits per heavy atom. The molecule has 0 N–H and O–H groups in total. The molecule has 0 nitrogen and oxygen atoms in total. The molecule has 3 aromatic carbocycles. The molecule has 2 unspecified atom stereocenters. The number of benzene rings is 3. The summed E-state index contributed by atoms with van der Waals surface area (Å²) >= 11 is 4.97. The van der Waals surface area contributed by atoms with E-state index in [0.29, 0.717) is 0 Å². The van der Waals surface area contributed by atoms with E-state index in [1.165, 1.54) is 84.7 Å². The van der Waals surface area contributed by atoms with Crippen molar-refractivity contribution in [2.75, 3.05) is 0 Å². The fraction of sp³-hybridized carbons (Fsp3) is 0.526. The predicted molar refractivity (Wildman–Crippen MR) is 178 cm³/mol. The zero-order valence-electron chi connectivity index (χ0n) is 27.6. The van der Waals surface area contributed by atoms with Crippen LogP contribution in [0.25, 0.3) is 0 Å². The average molecular weight is 523 g/mol. The van der Waals surface area contributed by atoms with Gasteiger partial charge in [0.2, 0.25) is 0 Å². The first-order chi connectivity index (χ1) is 18.8. The number of hydrogen-bond donors (Lipinski definition) is 0. The van der Waals surface area contributed by atoms with Gasteiger partial charge in [0.25, 0.3) is 0 Å². The first kappa shape index (κ1) is 33.4. The predicted octanol–water partition coefficient (Wildman–Crippen LogP) is 10.3. The monoisotopic (exact) mass is 522 g/mol. The Morgan fingerprint density at radius 1 is 0.450 bits per heavy atom. The van der Waals surface area contributed by atoms with Crippen LogP contribution in [0.5, 0.6) is 0 Å². The van der Waals surface area contributed by atoms with E-state index in [1.54, 1.807) is 0 Å². The van der Waals surface area contributed by atoms with Crippen molar-refractivity contribution in [2.24, 2.45) is 0 Å². The van der Waals surface area contributed by atoms with Gasteiger partial charge in [-0.05, 0) is 0 Å². The Kier molecular flexibility index (Phi) is 11.6. The van der Waals surface area contributed by atoms with Crippen LogP contribution in [0, 0.1) is 0 Å². The molecule has 0 saturated heterocycles. The minimum atomic E-state index is -0.0119. The summed E-state index contributed by atoms with van der Waals surface area (Å²) in [6.45, 7) is 18.4. The SMILES string of the molecule is [Li][C](CCCCC)(c1ccc(C(C)(C)C)cc1)c1cccc([C]([Li])(CCCCC)c2ccc(C(C)(C)C)cc2)c1. The van der Waals surface area contributed by atoms with Crippen LogP contribution >= 0.6 is 0 Å². The fourth-order valence-corrected chi connectivity index (χ4v) is 6.25. The molecule has 0 aliphatic heterocycles. The number of rotatable bonds is 12. The normalized spacial score (nSPS) is 15.5. The quantitative estimate of drug-likeness (QED) is 0.164. The maximum absolute atomic E-state index is 2.56. The van der Waals surface area contributed by atoms with Crippen molar-refractivity contribution in [3.8, 4) is 0 Å². The van der Waals surface area contributed by atoms with Crippen LogP contribution in [-0.4, -0.2) is 35.4 Å². The molecule has 0 aromatic heterocycles. The molecular formula is C38H52Li2. The van der Waals surface area contributed by atoms with Gasteiger partial charge in [-0.25, -0.2) is 0 Å². The van der Waals surface area contributed by atoms with Crippen molar-refractivity contribution in [1.82, 2.24) is 0 Å². The van der Waals surface area contributed by atoms with Crippen LogP contribution in [0.1, 0.15) is 140 Å². The van der Waals surface area contributed by atoms with Gasteiger partial charge in [-0.15, -0.1) is 0 Å². The molecule has 0 spiro atoms. The van der Waals surface area contributed by atoms with E-state index in [9.17, 15) is 0 Å². The van der Waals surface area contributed by atoms with Gasteiger partial charge in [0.15, 0.2) is 0 Å². The van der Waals surface area contributed by atoms with Crippen molar-refractivity contribution in [3.05, 3.63) is 106 Å². The second-order valence-electron chi connectivity index (χ2n) is 14.8. The van der Waals surface area contributed by atoms with Crippen LogP contribution in [-0.2, 0) is 19.0 Å². The van der Waals surface area contributed by atoms with Gasteiger partial charge in [0.05, 0.1) is 0 Å².